The van der Waals surface area contributed by atoms with E-state index in [2.05, 4.69) is 83.1 Å². The normalized spacial score (nSPS) is 14.3. The van der Waals surface area contributed by atoms with Crippen LogP contribution in [0.3, 0.4) is 0 Å². The molecule has 0 heterocycles. The van der Waals surface area contributed by atoms with E-state index in [9.17, 15) is 0 Å². The summed E-state index contributed by atoms with van der Waals surface area (Å²) in [6.07, 6.45) is 3.21. The molecule has 0 saturated carbocycles. The molecule has 27 heavy (non-hydrogen) atoms. The Morgan fingerprint density at radius 1 is 0.741 bits per heavy atom. The van der Waals surface area contributed by atoms with Crippen molar-refractivity contribution in [1.29, 1.82) is 0 Å². The van der Waals surface area contributed by atoms with Crippen molar-refractivity contribution in [1.82, 2.24) is 0 Å². The summed E-state index contributed by atoms with van der Waals surface area (Å²) in [5, 5.41) is 0. The van der Waals surface area contributed by atoms with Crippen molar-refractivity contribution in [2.24, 2.45) is 22.7 Å². The van der Waals surface area contributed by atoms with Gasteiger partial charge in [0, 0.05) is 0 Å². The number of ether oxygens (including phenoxy) is 2. The summed E-state index contributed by atoms with van der Waals surface area (Å²) in [6.45, 7) is 29.0. The van der Waals surface area contributed by atoms with Crippen molar-refractivity contribution in [2.45, 2.75) is 114 Å². The summed E-state index contributed by atoms with van der Waals surface area (Å²) >= 11 is 1.58. The molecule has 2 nitrogen and oxygen atoms in total. The summed E-state index contributed by atoms with van der Waals surface area (Å²) in [6, 6.07) is 0. The van der Waals surface area contributed by atoms with Crippen molar-refractivity contribution in [3.05, 3.63) is 0 Å². The van der Waals surface area contributed by atoms with E-state index in [0.29, 0.717) is 17.3 Å². The van der Waals surface area contributed by atoms with Crippen LogP contribution in [0.5, 0.6) is 0 Å². The van der Waals surface area contributed by atoms with E-state index in [1.165, 1.54) is 0 Å². The summed E-state index contributed by atoms with van der Waals surface area (Å²) in [5.41, 5.74) is 0.377. The van der Waals surface area contributed by atoms with E-state index in [1.807, 2.05) is 0 Å². The molecular weight excluding hydrogens is 504 g/mol. The molecule has 0 rings (SSSR count). The Balaban J connectivity index is 4.56. The summed E-state index contributed by atoms with van der Waals surface area (Å²) in [7, 11) is 0. The van der Waals surface area contributed by atoms with Gasteiger partial charge in [0.05, 0.1) is 0 Å². The second kappa shape index (κ2) is 10.5. The quantitative estimate of drug-likeness (QED) is 0.249. The van der Waals surface area contributed by atoms with Gasteiger partial charge in [0.2, 0.25) is 0 Å². The summed E-state index contributed by atoms with van der Waals surface area (Å²) in [4.78, 5) is 0. The molecular formula is C24H48O2W. The van der Waals surface area contributed by atoms with E-state index in [0.717, 1.165) is 32.5 Å². The molecule has 0 aliphatic heterocycles. The van der Waals surface area contributed by atoms with Gasteiger partial charge in [-0.15, -0.1) is 0 Å². The Bertz CT molecular complexity index is 459. The maximum absolute atomic E-state index is 6.33. The number of rotatable bonds is 13. The predicted octanol–water partition coefficient (Wildman–Crippen LogP) is 6.83. The van der Waals surface area contributed by atoms with Gasteiger partial charge in [0.1, 0.15) is 0 Å². The zero-order valence-corrected chi connectivity index (χ0v) is 23.3. The average molecular weight is 552 g/mol. The van der Waals surface area contributed by atoms with Crippen molar-refractivity contribution in [2.75, 3.05) is 13.2 Å². The molecule has 0 fully saturated rings. The molecule has 0 aliphatic carbocycles. The van der Waals surface area contributed by atoms with Gasteiger partial charge in [-0.1, -0.05) is 0 Å². The maximum atomic E-state index is 6.33. The van der Waals surface area contributed by atoms with Crippen LogP contribution in [0.25, 0.3) is 0 Å². The Hall–Kier alpha value is 0.478. The summed E-state index contributed by atoms with van der Waals surface area (Å²) in [5.74, 6) is 1.20. The minimum absolute atomic E-state index is 0.0531. The third-order valence-corrected chi connectivity index (χ3v) is 9.24. The van der Waals surface area contributed by atoms with Crippen LogP contribution < -0.4 is 0 Å². The van der Waals surface area contributed by atoms with Crippen molar-refractivity contribution >= 4 is 3.90 Å². The molecule has 0 bridgehead atoms. The van der Waals surface area contributed by atoms with Gasteiger partial charge in [0.15, 0.2) is 0 Å². The number of hydrogen-bond donors (Lipinski definition) is 0. The van der Waals surface area contributed by atoms with Crippen LogP contribution in [0.1, 0.15) is 102 Å². The van der Waals surface area contributed by atoms with Crippen molar-refractivity contribution in [3.63, 3.8) is 0 Å². The SMILES string of the molecule is CC(C)C(C)(C)CCOC(C)(C)C[C](=[W])C(C)(C)CCOC(C)(C)C(C)C. The van der Waals surface area contributed by atoms with Crippen LogP contribution in [0, 0.1) is 22.7 Å². The molecule has 0 aromatic carbocycles. The zero-order chi connectivity index (χ0) is 21.7. The first kappa shape index (κ1) is 27.5. The molecule has 0 aliphatic rings. The van der Waals surface area contributed by atoms with E-state index in [-0.39, 0.29) is 16.6 Å². The molecule has 0 radical (unpaired) electrons. The van der Waals surface area contributed by atoms with Crippen LogP contribution in [0.15, 0.2) is 0 Å². The van der Waals surface area contributed by atoms with Gasteiger partial charge in [-0.3, -0.25) is 0 Å². The molecule has 0 aromatic heterocycles. The second-order valence-electron chi connectivity index (χ2n) is 11.3. The van der Waals surface area contributed by atoms with E-state index in [4.69, 9.17) is 9.47 Å². The molecule has 0 spiro atoms. The molecule has 0 aromatic rings. The average Bonchev–Trinajstić information content (AvgIpc) is 2.45. The first-order chi connectivity index (χ1) is 11.9. The van der Waals surface area contributed by atoms with Gasteiger partial charge < -0.3 is 0 Å². The van der Waals surface area contributed by atoms with E-state index >= 15 is 0 Å². The zero-order valence-electron chi connectivity index (χ0n) is 20.4. The molecule has 0 N–H and O–H groups in total. The van der Waals surface area contributed by atoms with Crippen molar-refractivity contribution in [3.8, 4) is 0 Å². The fourth-order valence-electron chi connectivity index (χ4n) is 2.43. The van der Waals surface area contributed by atoms with Crippen LogP contribution in [-0.2, 0) is 28.8 Å². The van der Waals surface area contributed by atoms with E-state index < -0.39 is 0 Å². The van der Waals surface area contributed by atoms with E-state index in [1.54, 1.807) is 23.3 Å². The van der Waals surface area contributed by atoms with Gasteiger partial charge in [0.25, 0.3) is 0 Å². The predicted molar refractivity (Wildman–Crippen MR) is 116 cm³/mol. The van der Waals surface area contributed by atoms with Crippen LogP contribution >= 0.6 is 0 Å². The molecule has 0 saturated heterocycles. The first-order valence-corrected chi connectivity index (χ1v) is 12.2. The topological polar surface area (TPSA) is 18.5 Å². The first-order valence-electron chi connectivity index (χ1n) is 10.7. The van der Waals surface area contributed by atoms with Crippen molar-refractivity contribution < 1.29 is 28.8 Å². The van der Waals surface area contributed by atoms with Gasteiger partial charge in [-0.05, 0) is 0 Å². The van der Waals surface area contributed by atoms with Gasteiger partial charge in [-0.25, -0.2) is 0 Å². The number of hydrogen-bond acceptors (Lipinski definition) is 2. The Morgan fingerprint density at radius 3 is 1.67 bits per heavy atom. The summed E-state index contributed by atoms with van der Waals surface area (Å²) < 4.78 is 14.1. The molecule has 0 unspecified atom stereocenters. The Kier molecular flexibility index (Phi) is 10.7. The third-order valence-electron chi connectivity index (χ3n) is 6.73. The Morgan fingerprint density at radius 2 is 1.22 bits per heavy atom. The fraction of sp³-hybridized carbons (Fsp3) is 0.958. The molecule has 162 valence electrons. The minimum atomic E-state index is -0.0977. The monoisotopic (exact) mass is 552 g/mol. The van der Waals surface area contributed by atoms with Gasteiger partial charge >= 0.3 is 182 Å². The second-order valence-corrected chi connectivity index (χ2v) is 13.1. The Labute approximate surface area is 182 Å². The molecule has 0 amide bonds. The van der Waals surface area contributed by atoms with Crippen LogP contribution in [0.4, 0.5) is 0 Å². The van der Waals surface area contributed by atoms with Crippen LogP contribution in [-0.4, -0.2) is 28.3 Å². The standard InChI is InChI=1S/C24H48O2.W/c1-19(2)22(7,8)16-18-25-23(9,10)14-13-21(5,6)15-17-26-24(11,12)20(3)4;/h19-20H,14-18H2,1-12H3;. The molecule has 0 atom stereocenters. The van der Waals surface area contributed by atoms with Gasteiger partial charge in [-0.2, -0.15) is 0 Å². The fourth-order valence-corrected chi connectivity index (χ4v) is 4.05. The molecule has 3 heteroatoms. The van der Waals surface area contributed by atoms with Crippen LogP contribution in [0.2, 0.25) is 0 Å². The third kappa shape index (κ3) is 10.2.